The van der Waals surface area contributed by atoms with Crippen molar-refractivity contribution in [2.75, 3.05) is 20.2 Å². The predicted octanol–water partition coefficient (Wildman–Crippen LogP) is 1.45. The summed E-state index contributed by atoms with van der Waals surface area (Å²) in [4.78, 5) is -0.140. The summed E-state index contributed by atoms with van der Waals surface area (Å²) in [5.74, 6) is -0.466. The van der Waals surface area contributed by atoms with Crippen LogP contribution in [0.25, 0.3) is 0 Å². The Bertz CT molecular complexity index is 771. The number of aromatic nitrogens is 3. The fourth-order valence-electron chi connectivity index (χ4n) is 2.75. The number of methoxy groups -OCH3 is 1. The minimum Gasteiger partial charge on any atom is -0.495 e. The smallest absolute Gasteiger partial charge is 0.246 e. The number of rotatable bonds is 4. The molecule has 0 saturated carbocycles. The van der Waals surface area contributed by atoms with Gasteiger partial charge in [0.25, 0.3) is 0 Å². The molecule has 1 saturated heterocycles. The van der Waals surface area contributed by atoms with Crippen LogP contribution in [0.2, 0.25) is 0 Å². The van der Waals surface area contributed by atoms with Crippen LogP contribution in [0, 0.1) is 5.82 Å². The van der Waals surface area contributed by atoms with Crippen LogP contribution in [0.5, 0.6) is 5.75 Å². The molecule has 1 aromatic heterocycles. The van der Waals surface area contributed by atoms with Crippen LogP contribution in [0.4, 0.5) is 4.39 Å². The van der Waals surface area contributed by atoms with Crippen LogP contribution in [-0.4, -0.2) is 47.9 Å². The molecule has 0 N–H and O–H groups in total. The SMILES string of the molecule is COc1ccc(F)cc1S(=O)(=O)N1CCC(n2ccnn2)CC1. The molecule has 0 amide bonds. The maximum atomic E-state index is 13.5. The van der Waals surface area contributed by atoms with Gasteiger partial charge in [0.15, 0.2) is 0 Å². The Morgan fingerprint density at radius 2 is 2.04 bits per heavy atom. The van der Waals surface area contributed by atoms with Gasteiger partial charge in [-0.25, -0.2) is 17.5 Å². The van der Waals surface area contributed by atoms with Crippen molar-refractivity contribution in [3.8, 4) is 5.75 Å². The largest absolute Gasteiger partial charge is 0.495 e. The van der Waals surface area contributed by atoms with E-state index in [0.717, 1.165) is 6.07 Å². The quantitative estimate of drug-likeness (QED) is 0.842. The maximum absolute atomic E-state index is 13.5. The first kappa shape index (κ1) is 15.9. The zero-order valence-electron chi connectivity index (χ0n) is 12.6. The molecule has 124 valence electrons. The van der Waals surface area contributed by atoms with Crippen molar-refractivity contribution in [3.63, 3.8) is 0 Å². The lowest BCUT2D eigenvalue weighted by atomic mass is 10.1. The summed E-state index contributed by atoms with van der Waals surface area (Å²) in [6.45, 7) is 0.680. The van der Waals surface area contributed by atoms with Crippen molar-refractivity contribution in [3.05, 3.63) is 36.4 Å². The van der Waals surface area contributed by atoms with Crippen molar-refractivity contribution < 1.29 is 17.5 Å². The summed E-state index contributed by atoms with van der Waals surface area (Å²) < 4.78 is 47.1. The van der Waals surface area contributed by atoms with Gasteiger partial charge in [-0.15, -0.1) is 5.10 Å². The normalized spacial score (nSPS) is 17.3. The van der Waals surface area contributed by atoms with Gasteiger partial charge in [0.1, 0.15) is 16.5 Å². The van der Waals surface area contributed by atoms with E-state index in [9.17, 15) is 12.8 Å². The molecule has 1 fully saturated rings. The maximum Gasteiger partial charge on any atom is 0.246 e. The molecule has 0 spiro atoms. The highest BCUT2D eigenvalue weighted by Crippen LogP contribution is 2.31. The van der Waals surface area contributed by atoms with Gasteiger partial charge in [-0.3, -0.25) is 0 Å². The van der Waals surface area contributed by atoms with Crippen LogP contribution in [0.3, 0.4) is 0 Å². The molecular weight excluding hydrogens is 323 g/mol. The van der Waals surface area contributed by atoms with Crippen molar-refractivity contribution in [2.45, 2.75) is 23.8 Å². The first-order valence-electron chi connectivity index (χ1n) is 7.22. The molecule has 7 nitrogen and oxygen atoms in total. The van der Waals surface area contributed by atoms with E-state index in [1.165, 1.54) is 23.5 Å². The lowest BCUT2D eigenvalue weighted by molar-refractivity contribution is 0.257. The molecule has 1 aliphatic heterocycles. The Morgan fingerprint density at radius 1 is 1.30 bits per heavy atom. The number of piperidine rings is 1. The van der Waals surface area contributed by atoms with Crippen LogP contribution >= 0.6 is 0 Å². The van der Waals surface area contributed by atoms with E-state index in [0.29, 0.717) is 25.9 Å². The Balaban J connectivity index is 1.81. The van der Waals surface area contributed by atoms with E-state index in [4.69, 9.17) is 4.74 Å². The summed E-state index contributed by atoms with van der Waals surface area (Å²) in [5, 5.41) is 7.72. The molecule has 0 unspecified atom stereocenters. The third-order valence-electron chi connectivity index (χ3n) is 3.98. The molecular formula is C14H17FN4O3S. The highest BCUT2D eigenvalue weighted by molar-refractivity contribution is 7.89. The molecule has 2 heterocycles. The van der Waals surface area contributed by atoms with Gasteiger partial charge in [0, 0.05) is 19.3 Å². The highest BCUT2D eigenvalue weighted by Gasteiger charge is 2.32. The van der Waals surface area contributed by atoms with Gasteiger partial charge < -0.3 is 4.74 Å². The number of sulfonamides is 1. The van der Waals surface area contributed by atoms with Crippen LogP contribution in [0.15, 0.2) is 35.5 Å². The van der Waals surface area contributed by atoms with E-state index in [-0.39, 0.29) is 16.7 Å². The number of halogens is 1. The van der Waals surface area contributed by atoms with Gasteiger partial charge in [-0.1, -0.05) is 5.21 Å². The number of hydrogen-bond acceptors (Lipinski definition) is 5. The number of benzene rings is 1. The minimum atomic E-state index is -3.80. The van der Waals surface area contributed by atoms with E-state index in [1.54, 1.807) is 17.1 Å². The number of nitrogens with zero attached hydrogens (tertiary/aromatic N) is 4. The molecule has 3 rings (SSSR count). The average Bonchev–Trinajstić information content (AvgIpc) is 3.09. The lowest BCUT2D eigenvalue weighted by Crippen LogP contribution is -2.39. The van der Waals surface area contributed by atoms with Gasteiger partial charge >= 0.3 is 0 Å². The van der Waals surface area contributed by atoms with Gasteiger partial charge in [-0.05, 0) is 31.0 Å². The summed E-state index contributed by atoms with van der Waals surface area (Å²) in [6, 6.07) is 3.62. The topological polar surface area (TPSA) is 77.3 Å². The van der Waals surface area contributed by atoms with E-state index in [2.05, 4.69) is 10.3 Å². The van der Waals surface area contributed by atoms with E-state index in [1.807, 2.05) is 0 Å². The van der Waals surface area contributed by atoms with E-state index >= 15 is 0 Å². The molecule has 1 aliphatic rings. The molecule has 0 bridgehead atoms. The van der Waals surface area contributed by atoms with Crippen LogP contribution in [-0.2, 0) is 10.0 Å². The van der Waals surface area contributed by atoms with Crippen molar-refractivity contribution in [1.29, 1.82) is 0 Å². The third kappa shape index (κ3) is 3.06. The zero-order chi connectivity index (χ0) is 16.4. The summed E-state index contributed by atoms with van der Waals surface area (Å²) in [7, 11) is -2.43. The van der Waals surface area contributed by atoms with Crippen molar-refractivity contribution in [2.24, 2.45) is 0 Å². The molecule has 23 heavy (non-hydrogen) atoms. The zero-order valence-corrected chi connectivity index (χ0v) is 13.4. The Kier molecular flexibility index (Phi) is 4.31. The fraction of sp³-hybridized carbons (Fsp3) is 0.429. The molecule has 1 aromatic carbocycles. The Morgan fingerprint density at radius 3 is 2.65 bits per heavy atom. The summed E-state index contributed by atoms with van der Waals surface area (Å²) in [5.41, 5.74) is 0. The number of hydrogen-bond donors (Lipinski definition) is 0. The first-order valence-corrected chi connectivity index (χ1v) is 8.66. The van der Waals surface area contributed by atoms with Gasteiger partial charge in [-0.2, -0.15) is 4.31 Å². The van der Waals surface area contributed by atoms with E-state index < -0.39 is 15.8 Å². The predicted molar refractivity (Wildman–Crippen MR) is 80.0 cm³/mol. The Labute approximate surface area is 133 Å². The van der Waals surface area contributed by atoms with Crippen LogP contribution < -0.4 is 4.74 Å². The second kappa shape index (κ2) is 6.25. The first-order chi connectivity index (χ1) is 11.0. The lowest BCUT2D eigenvalue weighted by Gasteiger charge is -2.31. The molecule has 0 radical (unpaired) electrons. The highest BCUT2D eigenvalue weighted by atomic mass is 32.2. The second-order valence-corrected chi connectivity index (χ2v) is 7.22. The van der Waals surface area contributed by atoms with Crippen LogP contribution in [0.1, 0.15) is 18.9 Å². The summed E-state index contributed by atoms with van der Waals surface area (Å²) >= 11 is 0. The molecule has 0 atom stereocenters. The van der Waals surface area contributed by atoms with Crippen molar-refractivity contribution in [1.82, 2.24) is 19.3 Å². The Hall–Kier alpha value is -2.00. The number of ether oxygens (including phenoxy) is 1. The molecule has 0 aliphatic carbocycles. The van der Waals surface area contributed by atoms with Gasteiger partial charge in [0.2, 0.25) is 10.0 Å². The van der Waals surface area contributed by atoms with Gasteiger partial charge in [0.05, 0.1) is 19.3 Å². The standard InChI is InChI=1S/C14H17FN4O3S/c1-22-13-3-2-11(15)10-14(13)23(20,21)18-7-4-12(5-8-18)19-9-6-16-17-19/h2-3,6,9-10,12H,4-5,7-8H2,1H3. The second-order valence-electron chi connectivity index (χ2n) is 5.31. The minimum absolute atomic E-state index is 0.123. The third-order valence-corrected chi connectivity index (χ3v) is 5.90. The van der Waals surface area contributed by atoms with Crippen molar-refractivity contribution >= 4 is 10.0 Å². The average molecular weight is 340 g/mol. The monoisotopic (exact) mass is 340 g/mol. The fourth-order valence-corrected chi connectivity index (χ4v) is 4.39. The molecule has 2 aromatic rings. The summed E-state index contributed by atoms with van der Waals surface area (Å²) in [6.07, 6.45) is 4.62. The molecule has 9 heteroatoms.